The molecule has 0 radical (unpaired) electrons. The van der Waals surface area contributed by atoms with Crippen molar-refractivity contribution < 1.29 is 13.2 Å². The first-order chi connectivity index (χ1) is 12.1. The highest BCUT2D eigenvalue weighted by atomic mass is 32.2. The summed E-state index contributed by atoms with van der Waals surface area (Å²) in [6.07, 6.45) is 1.08. The van der Waals surface area contributed by atoms with Crippen LogP contribution in [0.2, 0.25) is 0 Å². The normalized spacial score (nSPS) is 12.8. The van der Waals surface area contributed by atoms with Crippen molar-refractivity contribution in [3.05, 3.63) is 29.8 Å². The molecule has 1 aromatic carbocycles. The molecule has 1 amide bonds. The van der Waals surface area contributed by atoms with E-state index in [0.717, 1.165) is 20.5 Å². The van der Waals surface area contributed by atoms with E-state index in [4.69, 9.17) is 0 Å². The number of hydrogen-bond acceptors (Lipinski definition) is 7. The standard InChI is InChI=1S/C16H22N4O3S3/c1-10(2)24-16-19-18-15(25-16)17-14(21)12(4)20(26(5,22)23)13-8-6-7-11(3)9-13/h6-10,12H,1-5H3,(H,17,18,21)/t12-/m0/s1. The molecule has 2 aromatic rings. The van der Waals surface area contributed by atoms with Crippen LogP contribution < -0.4 is 9.62 Å². The van der Waals surface area contributed by atoms with Crippen LogP contribution in [-0.2, 0) is 14.8 Å². The number of amides is 1. The fraction of sp³-hybridized carbons (Fsp3) is 0.438. The van der Waals surface area contributed by atoms with Gasteiger partial charge < -0.3 is 0 Å². The molecule has 1 N–H and O–H groups in total. The van der Waals surface area contributed by atoms with Crippen LogP contribution >= 0.6 is 23.1 Å². The van der Waals surface area contributed by atoms with Gasteiger partial charge in [-0.1, -0.05) is 49.1 Å². The first-order valence-electron chi connectivity index (χ1n) is 7.95. The Morgan fingerprint density at radius 1 is 1.27 bits per heavy atom. The van der Waals surface area contributed by atoms with Gasteiger partial charge in [0.25, 0.3) is 0 Å². The zero-order valence-corrected chi connectivity index (χ0v) is 17.7. The number of aryl methyl sites for hydroxylation is 1. The average molecular weight is 415 g/mol. The predicted molar refractivity (Wildman–Crippen MR) is 107 cm³/mol. The Morgan fingerprint density at radius 2 is 1.96 bits per heavy atom. The molecule has 0 aliphatic carbocycles. The van der Waals surface area contributed by atoms with Crippen LogP contribution in [0.3, 0.4) is 0 Å². The lowest BCUT2D eigenvalue weighted by atomic mass is 10.2. The van der Waals surface area contributed by atoms with Crippen molar-refractivity contribution in [2.75, 3.05) is 15.9 Å². The van der Waals surface area contributed by atoms with Crippen molar-refractivity contribution in [2.24, 2.45) is 0 Å². The van der Waals surface area contributed by atoms with Crippen LogP contribution in [0.15, 0.2) is 28.6 Å². The number of sulfonamides is 1. The van der Waals surface area contributed by atoms with E-state index >= 15 is 0 Å². The average Bonchev–Trinajstić information content (AvgIpc) is 2.92. The lowest BCUT2D eigenvalue weighted by Crippen LogP contribution is -2.45. The van der Waals surface area contributed by atoms with Crippen molar-refractivity contribution in [1.29, 1.82) is 0 Å². The highest BCUT2D eigenvalue weighted by Gasteiger charge is 2.29. The number of carbonyl (C=O) groups excluding carboxylic acids is 1. The van der Waals surface area contributed by atoms with E-state index in [1.165, 1.54) is 11.3 Å². The maximum absolute atomic E-state index is 12.6. The summed E-state index contributed by atoms with van der Waals surface area (Å²) in [5.41, 5.74) is 1.35. The predicted octanol–water partition coefficient (Wildman–Crippen LogP) is 3.14. The topological polar surface area (TPSA) is 92.3 Å². The molecular weight excluding hydrogens is 392 g/mol. The summed E-state index contributed by atoms with van der Waals surface area (Å²) in [6.45, 7) is 7.49. The Kier molecular flexibility index (Phi) is 6.64. The Morgan fingerprint density at radius 3 is 2.54 bits per heavy atom. The van der Waals surface area contributed by atoms with Gasteiger partial charge in [-0.3, -0.25) is 14.4 Å². The molecule has 10 heteroatoms. The second kappa shape index (κ2) is 8.36. The van der Waals surface area contributed by atoms with E-state index in [0.29, 0.717) is 16.1 Å². The minimum Gasteiger partial charge on any atom is -0.299 e. The molecule has 0 saturated carbocycles. The van der Waals surface area contributed by atoms with Crippen LogP contribution in [-0.4, -0.2) is 42.1 Å². The smallest absolute Gasteiger partial charge is 0.249 e. The van der Waals surface area contributed by atoms with E-state index in [-0.39, 0.29) is 0 Å². The molecule has 1 aromatic heterocycles. The zero-order valence-electron chi connectivity index (χ0n) is 15.3. The molecule has 0 unspecified atom stereocenters. The molecule has 0 aliphatic rings. The second-order valence-electron chi connectivity index (χ2n) is 6.10. The lowest BCUT2D eigenvalue weighted by molar-refractivity contribution is -0.116. The number of rotatable bonds is 7. The van der Waals surface area contributed by atoms with Crippen LogP contribution in [0.25, 0.3) is 0 Å². The van der Waals surface area contributed by atoms with Gasteiger partial charge >= 0.3 is 0 Å². The molecule has 0 saturated heterocycles. The Labute approximate surface area is 162 Å². The number of thioether (sulfide) groups is 1. The summed E-state index contributed by atoms with van der Waals surface area (Å²) in [7, 11) is -3.65. The number of aromatic nitrogens is 2. The van der Waals surface area contributed by atoms with Crippen molar-refractivity contribution in [3.8, 4) is 0 Å². The summed E-state index contributed by atoms with van der Waals surface area (Å²) >= 11 is 2.82. The number of nitrogens with one attached hydrogen (secondary N) is 1. The zero-order chi connectivity index (χ0) is 19.5. The SMILES string of the molecule is Cc1cccc(N([C@@H](C)C(=O)Nc2nnc(SC(C)C)s2)S(C)(=O)=O)c1. The maximum atomic E-state index is 12.6. The van der Waals surface area contributed by atoms with E-state index in [9.17, 15) is 13.2 Å². The molecule has 0 spiro atoms. The van der Waals surface area contributed by atoms with E-state index in [1.807, 2.05) is 26.8 Å². The van der Waals surface area contributed by atoms with Gasteiger partial charge in [0.1, 0.15) is 6.04 Å². The van der Waals surface area contributed by atoms with Crippen LogP contribution in [0.5, 0.6) is 0 Å². The molecule has 0 fully saturated rings. The fourth-order valence-corrected chi connectivity index (χ4v) is 5.44. The number of nitrogens with zero attached hydrogens (tertiary/aromatic N) is 3. The van der Waals surface area contributed by atoms with Crippen molar-refractivity contribution in [1.82, 2.24) is 10.2 Å². The number of anilines is 2. The van der Waals surface area contributed by atoms with Crippen molar-refractivity contribution in [2.45, 2.75) is 43.3 Å². The highest BCUT2D eigenvalue weighted by molar-refractivity contribution is 8.01. The molecular formula is C16H22N4O3S3. The highest BCUT2D eigenvalue weighted by Crippen LogP contribution is 2.29. The molecule has 142 valence electrons. The summed E-state index contributed by atoms with van der Waals surface area (Å²) in [4.78, 5) is 12.6. The van der Waals surface area contributed by atoms with Crippen molar-refractivity contribution in [3.63, 3.8) is 0 Å². The van der Waals surface area contributed by atoms with Gasteiger partial charge in [0.05, 0.1) is 11.9 Å². The Balaban J connectivity index is 2.21. The van der Waals surface area contributed by atoms with Gasteiger partial charge in [-0.2, -0.15) is 0 Å². The lowest BCUT2D eigenvalue weighted by Gasteiger charge is -2.28. The first-order valence-corrected chi connectivity index (χ1v) is 11.5. The van der Waals surface area contributed by atoms with Gasteiger partial charge in [-0.25, -0.2) is 8.42 Å². The largest absolute Gasteiger partial charge is 0.299 e. The van der Waals surface area contributed by atoms with E-state index < -0.39 is 22.0 Å². The van der Waals surface area contributed by atoms with Crippen LogP contribution in [0.1, 0.15) is 26.3 Å². The minimum absolute atomic E-state index is 0.350. The van der Waals surface area contributed by atoms with Gasteiger partial charge in [0.15, 0.2) is 4.34 Å². The van der Waals surface area contributed by atoms with Gasteiger partial charge in [0, 0.05) is 5.25 Å². The molecule has 1 heterocycles. The van der Waals surface area contributed by atoms with E-state index in [2.05, 4.69) is 15.5 Å². The Hall–Kier alpha value is -1.65. The third kappa shape index (κ3) is 5.42. The third-order valence-corrected chi connectivity index (χ3v) is 6.49. The Bertz CT molecular complexity index is 880. The molecule has 2 rings (SSSR count). The summed E-state index contributed by atoms with van der Waals surface area (Å²) in [5, 5.41) is 11.3. The minimum atomic E-state index is -3.65. The molecule has 0 bridgehead atoms. The van der Waals surface area contributed by atoms with Crippen LogP contribution in [0, 0.1) is 6.92 Å². The molecule has 0 aliphatic heterocycles. The molecule has 1 atom stereocenters. The fourth-order valence-electron chi connectivity index (χ4n) is 2.29. The van der Waals surface area contributed by atoms with Crippen molar-refractivity contribution >= 4 is 49.8 Å². The van der Waals surface area contributed by atoms with Crippen LogP contribution in [0.4, 0.5) is 10.8 Å². The quantitative estimate of drug-likeness (QED) is 0.553. The summed E-state index contributed by atoms with van der Waals surface area (Å²) in [6, 6.07) is 6.09. The second-order valence-corrected chi connectivity index (χ2v) is 10.8. The third-order valence-electron chi connectivity index (χ3n) is 3.32. The van der Waals surface area contributed by atoms with Gasteiger partial charge in [-0.15, -0.1) is 10.2 Å². The van der Waals surface area contributed by atoms with Gasteiger partial charge in [0.2, 0.25) is 21.1 Å². The number of carbonyl (C=O) groups is 1. The molecule has 7 nitrogen and oxygen atoms in total. The molecule has 26 heavy (non-hydrogen) atoms. The monoisotopic (exact) mass is 414 g/mol. The number of benzene rings is 1. The summed E-state index contributed by atoms with van der Waals surface area (Å²) in [5.74, 6) is -0.464. The first kappa shape index (κ1) is 20.7. The van der Waals surface area contributed by atoms with Gasteiger partial charge in [-0.05, 0) is 31.5 Å². The summed E-state index contributed by atoms with van der Waals surface area (Å²) < 4.78 is 26.4. The maximum Gasteiger partial charge on any atom is 0.249 e. The number of hydrogen-bond donors (Lipinski definition) is 1. The van der Waals surface area contributed by atoms with E-state index in [1.54, 1.807) is 36.9 Å².